The molecule has 1 saturated carbocycles. The SMILES string of the molecule is COCCN1C(=O)C2(CCCC2)N=C1Cc1ccccc1. The molecular weight excluding hydrogens is 264 g/mol. The van der Waals surface area contributed by atoms with E-state index in [2.05, 4.69) is 12.1 Å². The number of methoxy groups -OCH3 is 1. The number of carbonyl (C=O) groups is 1. The summed E-state index contributed by atoms with van der Waals surface area (Å²) in [7, 11) is 1.67. The van der Waals surface area contributed by atoms with E-state index in [1.807, 2.05) is 23.1 Å². The Morgan fingerprint density at radius 1 is 1.24 bits per heavy atom. The van der Waals surface area contributed by atoms with E-state index >= 15 is 0 Å². The second kappa shape index (κ2) is 5.98. The lowest BCUT2D eigenvalue weighted by molar-refractivity contribution is -0.131. The van der Waals surface area contributed by atoms with Crippen LogP contribution in [0.2, 0.25) is 0 Å². The van der Waals surface area contributed by atoms with Crippen molar-refractivity contribution >= 4 is 11.7 Å². The molecule has 1 fully saturated rings. The van der Waals surface area contributed by atoms with Gasteiger partial charge in [-0.25, -0.2) is 0 Å². The van der Waals surface area contributed by atoms with Gasteiger partial charge in [0.05, 0.1) is 13.2 Å². The molecule has 1 amide bonds. The highest BCUT2D eigenvalue weighted by atomic mass is 16.5. The van der Waals surface area contributed by atoms with Crippen molar-refractivity contribution in [2.45, 2.75) is 37.6 Å². The predicted molar refractivity (Wildman–Crippen MR) is 82.4 cm³/mol. The lowest BCUT2D eigenvalue weighted by Crippen LogP contribution is -2.42. The fourth-order valence-electron chi connectivity index (χ4n) is 3.34. The average molecular weight is 286 g/mol. The third-order valence-corrected chi connectivity index (χ3v) is 4.45. The Kier molecular flexibility index (Phi) is 4.06. The minimum Gasteiger partial charge on any atom is -0.383 e. The van der Waals surface area contributed by atoms with Gasteiger partial charge in [-0.05, 0) is 18.4 Å². The first-order valence-corrected chi connectivity index (χ1v) is 7.69. The molecule has 0 radical (unpaired) electrons. The first-order valence-electron chi connectivity index (χ1n) is 7.69. The Labute approximate surface area is 125 Å². The van der Waals surface area contributed by atoms with E-state index in [9.17, 15) is 4.79 Å². The largest absolute Gasteiger partial charge is 0.383 e. The molecule has 1 aromatic rings. The fourth-order valence-corrected chi connectivity index (χ4v) is 3.34. The Balaban J connectivity index is 1.84. The number of amides is 1. The van der Waals surface area contributed by atoms with Crippen LogP contribution in [0.4, 0.5) is 0 Å². The first-order chi connectivity index (χ1) is 10.2. The molecular formula is C17H22N2O2. The smallest absolute Gasteiger partial charge is 0.255 e. The molecule has 1 aromatic carbocycles. The number of carbonyl (C=O) groups excluding carboxylic acids is 1. The van der Waals surface area contributed by atoms with Crippen LogP contribution in [0, 0.1) is 0 Å². The van der Waals surface area contributed by atoms with E-state index in [-0.39, 0.29) is 5.91 Å². The first kappa shape index (κ1) is 14.3. The average Bonchev–Trinajstić information content (AvgIpc) is 3.06. The maximum atomic E-state index is 12.8. The molecule has 3 rings (SSSR count). The summed E-state index contributed by atoms with van der Waals surface area (Å²) in [5.41, 5.74) is 0.735. The van der Waals surface area contributed by atoms with Gasteiger partial charge in [0.15, 0.2) is 0 Å². The highest BCUT2D eigenvalue weighted by Crippen LogP contribution is 2.39. The Hall–Kier alpha value is -1.68. The van der Waals surface area contributed by atoms with Crippen molar-refractivity contribution in [3.63, 3.8) is 0 Å². The van der Waals surface area contributed by atoms with Gasteiger partial charge < -0.3 is 4.74 Å². The molecule has 4 nitrogen and oxygen atoms in total. The minimum atomic E-state index is -0.460. The number of benzene rings is 1. The molecule has 4 heteroatoms. The van der Waals surface area contributed by atoms with E-state index in [4.69, 9.17) is 9.73 Å². The van der Waals surface area contributed by atoms with Crippen LogP contribution in [0.3, 0.4) is 0 Å². The maximum absolute atomic E-state index is 12.8. The van der Waals surface area contributed by atoms with Crippen LogP contribution in [0.15, 0.2) is 35.3 Å². The van der Waals surface area contributed by atoms with Gasteiger partial charge in [0.1, 0.15) is 11.4 Å². The van der Waals surface area contributed by atoms with E-state index < -0.39 is 5.54 Å². The summed E-state index contributed by atoms with van der Waals surface area (Å²) in [5, 5.41) is 0. The van der Waals surface area contributed by atoms with Crippen LogP contribution >= 0.6 is 0 Å². The summed E-state index contributed by atoms with van der Waals surface area (Å²) in [4.78, 5) is 19.5. The molecule has 0 aromatic heterocycles. The van der Waals surface area contributed by atoms with E-state index in [0.29, 0.717) is 13.2 Å². The molecule has 0 bridgehead atoms. The zero-order valence-electron chi connectivity index (χ0n) is 12.5. The number of hydrogen-bond donors (Lipinski definition) is 0. The number of amidine groups is 1. The molecule has 2 aliphatic rings. The van der Waals surface area contributed by atoms with E-state index in [0.717, 1.165) is 37.9 Å². The number of rotatable bonds is 5. The van der Waals surface area contributed by atoms with Gasteiger partial charge >= 0.3 is 0 Å². The van der Waals surface area contributed by atoms with Gasteiger partial charge in [0.2, 0.25) is 0 Å². The molecule has 0 atom stereocenters. The maximum Gasteiger partial charge on any atom is 0.255 e. The molecule has 1 aliphatic carbocycles. The van der Waals surface area contributed by atoms with Crippen LogP contribution in [0.25, 0.3) is 0 Å². The Morgan fingerprint density at radius 2 is 1.95 bits per heavy atom. The van der Waals surface area contributed by atoms with Gasteiger partial charge in [-0.15, -0.1) is 0 Å². The second-order valence-electron chi connectivity index (χ2n) is 5.88. The summed E-state index contributed by atoms with van der Waals surface area (Å²) in [6.45, 7) is 1.15. The van der Waals surface area contributed by atoms with Gasteiger partial charge in [-0.3, -0.25) is 14.7 Å². The third kappa shape index (κ3) is 2.72. The van der Waals surface area contributed by atoms with Gasteiger partial charge in [0.25, 0.3) is 5.91 Å². The van der Waals surface area contributed by atoms with Crippen molar-refractivity contribution in [1.29, 1.82) is 0 Å². The lowest BCUT2D eigenvalue weighted by atomic mass is 9.98. The molecule has 0 unspecified atom stereocenters. The van der Waals surface area contributed by atoms with Crippen LogP contribution < -0.4 is 0 Å². The van der Waals surface area contributed by atoms with E-state index in [1.165, 1.54) is 5.56 Å². The standard InChI is InChI=1S/C17H22N2O2/c1-21-12-11-19-15(13-14-7-3-2-4-8-14)18-17(16(19)20)9-5-6-10-17/h2-4,7-8H,5-6,9-13H2,1H3. The van der Waals surface area contributed by atoms with Gasteiger partial charge in [0, 0.05) is 13.5 Å². The van der Waals surface area contributed by atoms with Crippen LogP contribution in [-0.2, 0) is 16.0 Å². The Bertz CT molecular complexity index is 533. The fraction of sp³-hybridized carbons (Fsp3) is 0.529. The Morgan fingerprint density at radius 3 is 2.62 bits per heavy atom. The third-order valence-electron chi connectivity index (χ3n) is 4.45. The molecule has 112 valence electrons. The zero-order chi connectivity index (χ0) is 14.7. The van der Waals surface area contributed by atoms with Crippen molar-refractivity contribution in [3.05, 3.63) is 35.9 Å². The van der Waals surface area contributed by atoms with Crippen LogP contribution in [0.5, 0.6) is 0 Å². The molecule has 21 heavy (non-hydrogen) atoms. The summed E-state index contributed by atoms with van der Waals surface area (Å²) >= 11 is 0. The second-order valence-corrected chi connectivity index (χ2v) is 5.88. The summed E-state index contributed by atoms with van der Waals surface area (Å²) in [6, 6.07) is 10.2. The van der Waals surface area contributed by atoms with Gasteiger partial charge in [-0.1, -0.05) is 43.2 Å². The predicted octanol–water partition coefficient (Wildman–Crippen LogP) is 2.43. The number of nitrogens with zero attached hydrogens (tertiary/aromatic N) is 2. The van der Waals surface area contributed by atoms with Crippen molar-refractivity contribution in [2.24, 2.45) is 4.99 Å². The monoisotopic (exact) mass is 286 g/mol. The van der Waals surface area contributed by atoms with Crippen molar-refractivity contribution in [1.82, 2.24) is 4.90 Å². The summed E-state index contributed by atoms with van der Waals surface area (Å²) < 4.78 is 5.15. The molecule has 1 aliphatic heterocycles. The normalized spacial score (nSPS) is 20.3. The van der Waals surface area contributed by atoms with Crippen molar-refractivity contribution in [2.75, 3.05) is 20.3 Å². The lowest BCUT2D eigenvalue weighted by Gasteiger charge is -2.22. The quantitative estimate of drug-likeness (QED) is 0.834. The highest BCUT2D eigenvalue weighted by Gasteiger charge is 2.49. The van der Waals surface area contributed by atoms with Crippen LogP contribution in [-0.4, -0.2) is 42.4 Å². The highest BCUT2D eigenvalue weighted by molar-refractivity contribution is 6.09. The number of hydrogen-bond acceptors (Lipinski definition) is 3. The number of ether oxygens (including phenoxy) is 1. The van der Waals surface area contributed by atoms with Gasteiger partial charge in [-0.2, -0.15) is 0 Å². The molecule has 0 saturated heterocycles. The van der Waals surface area contributed by atoms with E-state index in [1.54, 1.807) is 7.11 Å². The molecule has 1 spiro atoms. The molecule has 1 heterocycles. The molecule has 0 N–H and O–H groups in total. The zero-order valence-corrected chi connectivity index (χ0v) is 12.5. The number of aliphatic imine (C=N–C) groups is 1. The summed E-state index contributed by atoms with van der Waals surface area (Å²) in [6.07, 6.45) is 4.72. The summed E-state index contributed by atoms with van der Waals surface area (Å²) in [5.74, 6) is 1.09. The van der Waals surface area contributed by atoms with Crippen molar-refractivity contribution < 1.29 is 9.53 Å². The minimum absolute atomic E-state index is 0.183. The topological polar surface area (TPSA) is 41.9 Å². The van der Waals surface area contributed by atoms with Crippen LogP contribution in [0.1, 0.15) is 31.2 Å². The van der Waals surface area contributed by atoms with Crippen molar-refractivity contribution in [3.8, 4) is 0 Å².